The standard InChI is InChI=1S/C21H24N2O5/c1-4-13-27-19-11-5-16(6-12-19)21(26)28-14(2)20(25)23-18-9-7-17(8-10-18)22-15(3)24/h5-12,14H,4,13H2,1-3H3,(H,22,24)(H,23,25)/t14-/m1/s1. The largest absolute Gasteiger partial charge is 0.494 e. The van der Waals surface area contributed by atoms with E-state index in [1.54, 1.807) is 48.5 Å². The lowest BCUT2D eigenvalue weighted by molar-refractivity contribution is -0.123. The summed E-state index contributed by atoms with van der Waals surface area (Å²) in [5.41, 5.74) is 1.49. The fourth-order valence-corrected chi connectivity index (χ4v) is 2.27. The number of carbonyl (C=O) groups is 3. The number of hydrogen-bond donors (Lipinski definition) is 2. The molecule has 2 aromatic rings. The molecule has 2 aromatic carbocycles. The van der Waals surface area contributed by atoms with Crippen molar-refractivity contribution < 1.29 is 23.9 Å². The summed E-state index contributed by atoms with van der Waals surface area (Å²) in [7, 11) is 0. The SMILES string of the molecule is CCCOc1ccc(C(=O)O[C@H](C)C(=O)Nc2ccc(NC(C)=O)cc2)cc1. The van der Waals surface area contributed by atoms with Crippen molar-refractivity contribution in [3.05, 3.63) is 54.1 Å². The fourth-order valence-electron chi connectivity index (χ4n) is 2.27. The van der Waals surface area contributed by atoms with Crippen LogP contribution in [0.1, 0.15) is 37.6 Å². The highest BCUT2D eigenvalue weighted by Crippen LogP contribution is 2.16. The van der Waals surface area contributed by atoms with Crippen molar-refractivity contribution >= 4 is 29.2 Å². The molecular weight excluding hydrogens is 360 g/mol. The zero-order valence-corrected chi connectivity index (χ0v) is 16.2. The number of esters is 1. The van der Waals surface area contributed by atoms with Crippen molar-refractivity contribution in [1.29, 1.82) is 0 Å². The van der Waals surface area contributed by atoms with Gasteiger partial charge in [0.05, 0.1) is 12.2 Å². The van der Waals surface area contributed by atoms with E-state index in [0.29, 0.717) is 29.3 Å². The number of benzene rings is 2. The second-order valence-corrected chi connectivity index (χ2v) is 6.17. The molecule has 0 aliphatic heterocycles. The molecule has 0 radical (unpaired) electrons. The second kappa shape index (κ2) is 10.1. The maximum absolute atomic E-state index is 12.2. The van der Waals surface area contributed by atoms with Gasteiger partial charge in [0, 0.05) is 18.3 Å². The van der Waals surface area contributed by atoms with Crippen LogP contribution < -0.4 is 15.4 Å². The van der Waals surface area contributed by atoms with E-state index in [0.717, 1.165) is 6.42 Å². The monoisotopic (exact) mass is 384 g/mol. The van der Waals surface area contributed by atoms with Crippen LogP contribution in [0.5, 0.6) is 5.75 Å². The molecule has 148 valence electrons. The molecule has 2 N–H and O–H groups in total. The van der Waals surface area contributed by atoms with Gasteiger partial charge >= 0.3 is 5.97 Å². The Morgan fingerprint density at radius 2 is 1.50 bits per heavy atom. The molecule has 0 unspecified atom stereocenters. The third kappa shape index (κ3) is 6.42. The van der Waals surface area contributed by atoms with Crippen LogP contribution in [0.4, 0.5) is 11.4 Å². The highest BCUT2D eigenvalue weighted by molar-refractivity contribution is 5.97. The molecule has 28 heavy (non-hydrogen) atoms. The molecule has 0 spiro atoms. The molecule has 0 aromatic heterocycles. The number of rotatable bonds is 8. The molecule has 0 heterocycles. The number of amides is 2. The van der Waals surface area contributed by atoms with Crippen LogP contribution in [0.3, 0.4) is 0 Å². The van der Waals surface area contributed by atoms with Gasteiger partial charge in [0.2, 0.25) is 5.91 Å². The first-order valence-corrected chi connectivity index (χ1v) is 9.01. The summed E-state index contributed by atoms with van der Waals surface area (Å²) in [5, 5.41) is 5.30. The normalized spacial score (nSPS) is 11.2. The van der Waals surface area contributed by atoms with Gasteiger partial charge < -0.3 is 20.1 Å². The zero-order valence-electron chi connectivity index (χ0n) is 16.2. The van der Waals surface area contributed by atoms with E-state index >= 15 is 0 Å². The van der Waals surface area contributed by atoms with Gasteiger partial charge in [-0.3, -0.25) is 9.59 Å². The molecule has 2 rings (SSSR count). The Morgan fingerprint density at radius 3 is 2.04 bits per heavy atom. The average molecular weight is 384 g/mol. The minimum atomic E-state index is -0.974. The molecule has 0 aliphatic carbocycles. The molecule has 1 atom stereocenters. The maximum Gasteiger partial charge on any atom is 0.338 e. The van der Waals surface area contributed by atoms with E-state index in [9.17, 15) is 14.4 Å². The van der Waals surface area contributed by atoms with Gasteiger partial charge in [0.25, 0.3) is 5.91 Å². The summed E-state index contributed by atoms with van der Waals surface area (Å²) in [6.45, 7) is 5.53. The minimum absolute atomic E-state index is 0.178. The van der Waals surface area contributed by atoms with Gasteiger partial charge in [0.15, 0.2) is 6.10 Å². The second-order valence-electron chi connectivity index (χ2n) is 6.17. The molecule has 0 bridgehead atoms. The van der Waals surface area contributed by atoms with E-state index in [2.05, 4.69) is 10.6 Å². The van der Waals surface area contributed by atoms with Gasteiger partial charge in [-0.2, -0.15) is 0 Å². The van der Waals surface area contributed by atoms with E-state index in [1.165, 1.54) is 13.8 Å². The van der Waals surface area contributed by atoms with Crippen molar-refractivity contribution in [2.24, 2.45) is 0 Å². The number of ether oxygens (including phenoxy) is 2. The van der Waals surface area contributed by atoms with Crippen molar-refractivity contribution in [3.8, 4) is 5.75 Å². The third-order valence-corrected chi connectivity index (χ3v) is 3.69. The van der Waals surface area contributed by atoms with Crippen LogP contribution in [-0.2, 0) is 14.3 Å². The minimum Gasteiger partial charge on any atom is -0.494 e. The van der Waals surface area contributed by atoms with Crippen LogP contribution in [0.15, 0.2) is 48.5 Å². The van der Waals surface area contributed by atoms with E-state index in [1.807, 2.05) is 6.92 Å². The van der Waals surface area contributed by atoms with Gasteiger partial charge in [-0.05, 0) is 61.9 Å². The first-order valence-electron chi connectivity index (χ1n) is 9.01. The lowest BCUT2D eigenvalue weighted by Gasteiger charge is -2.14. The van der Waals surface area contributed by atoms with Crippen molar-refractivity contribution in [1.82, 2.24) is 0 Å². The van der Waals surface area contributed by atoms with Crippen LogP contribution in [0, 0.1) is 0 Å². The summed E-state index contributed by atoms with van der Waals surface area (Å²) < 4.78 is 10.7. The van der Waals surface area contributed by atoms with Crippen molar-refractivity contribution in [2.45, 2.75) is 33.3 Å². The number of anilines is 2. The lowest BCUT2D eigenvalue weighted by atomic mass is 10.2. The van der Waals surface area contributed by atoms with Crippen LogP contribution in [0.25, 0.3) is 0 Å². The quantitative estimate of drug-likeness (QED) is 0.678. The maximum atomic E-state index is 12.2. The Hall–Kier alpha value is -3.35. The van der Waals surface area contributed by atoms with Gasteiger partial charge in [0.1, 0.15) is 5.75 Å². The lowest BCUT2D eigenvalue weighted by Crippen LogP contribution is -2.30. The highest BCUT2D eigenvalue weighted by atomic mass is 16.5. The smallest absolute Gasteiger partial charge is 0.338 e. The summed E-state index contributed by atoms with van der Waals surface area (Å²) in [5.74, 6) is -0.552. The summed E-state index contributed by atoms with van der Waals surface area (Å²) >= 11 is 0. The molecular formula is C21H24N2O5. The van der Waals surface area contributed by atoms with Crippen molar-refractivity contribution in [3.63, 3.8) is 0 Å². The van der Waals surface area contributed by atoms with E-state index < -0.39 is 18.0 Å². The molecule has 0 fully saturated rings. The Labute approximate surface area is 164 Å². The van der Waals surface area contributed by atoms with Crippen LogP contribution >= 0.6 is 0 Å². The van der Waals surface area contributed by atoms with Crippen molar-refractivity contribution in [2.75, 3.05) is 17.2 Å². The summed E-state index contributed by atoms with van der Waals surface area (Å²) in [4.78, 5) is 35.5. The molecule has 0 aliphatic rings. The molecule has 0 saturated carbocycles. The van der Waals surface area contributed by atoms with Crippen LogP contribution in [0.2, 0.25) is 0 Å². The number of hydrogen-bond acceptors (Lipinski definition) is 5. The van der Waals surface area contributed by atoms with Crippen LogP contribution in [-0.4, -0.2) is 30.5 Å². The summed E-state index contributed by atoms with van der Waals surface area (Å²) in [6, 6.07) is 13.2. The van der Waals surface area contributed by atoms with Gasteiger partial charge in [-0.15, -0.1) is 0 Å². The predicted molar refractivity (Wildman–Crippen MR) is 106 cm³/mol. The topological polar surface area (TPSA) is 93.7 Å². The molecule has 2 amide bonds. The fraction of sp³-hybridized carbons (Fsp3) is 0.286. The first-order chi connectivity index (χ1) is 13.4. The van der Waals surface area contributed by atoms with Gasteiger partial charge in [-0.1, -0.05) is 6.92 Å². The molecule has 7 nitrogen and oxygen atoms in total. The van der Waals surface area contributed by atoms with E-state index in [-0.39, 0.29) is 5.91 Å². The Balaban J connectivity index is 1.88. The Morgan fingerprint density at radius 1 is 0.929 bits per heavy atom. The average Bonchev–Trinajstić information content (AvgIpc) is 2.67. The van der Waals surface area contributed by atoms with E-state index in [4.69, 9.17) is 9.47 Å². The number of nitrogens with one attached hydrogen (secondary N) is 2. The molecule has 0 saturated heterocycles. The first kappa shape index (κ1) is 21.0. The number of carbonyl (C=O) groups excluding carboxylic acids is 3. The highest BCUT2D eigenvalue weighted by Gasteiger charge is 2.19. The molecule has 7 heteroatoms. The summed E-state index contributed by atoms with van der Waals surface area (Å²) in [6.07, 6.45) is -0.0784. The zero-order chi connectivity index (χ0) is 20.5. The predicted octanol–water partition coefficient (Wildman–Crippen LogP) is 3.62. The Kier molecular flexibility index (Phi) is 7.56. The van der Waals surface area contributed by atoms with Gasteiger partial charge in [-0.25, -0.2) is 4.79 Å². The Bertz CT molecular complexity index is 816. The third-order valence-electron chi connectivity index (χ3n) is 3.69.